The molecule has 0 radical (unpaired) electrons. The zero-order valence-electron chi connectivity index (χ0n) is 9.48. The van der Waals surface area contributed by atoms with Crippen molar-refractivity contribution >= 4 is 34.4 Å². The van der Waals surface area contributed by atoms with Crippen molar-refractivity contribution in [3.8, 4) is 0 Å². The summed E-state index contributed by atoms with van der Waals surface area (Å²) in [5, 5.41) is 9.44. The number of hydrogen-bond acceptors (Lipinski definition) is 4. The Labute approximate surface area is 107 Å². The number of halogens is 1. The molecule has 94 valence electrons. The molecule has 2 heterocycles. The van der Waals surface area contributed by atoms with E-state index in [9.17, 15) is 9.59 Å². The average Bonchev–Trinajstić information content (AvgIpc) is 2.28. The first-order chi connectivity index (χ1) is 8.47. The van der Waals surface area contributed by atoms with Crippen molar-refractivity contribution in [3.63, 3.8) is 0 Å². The number of carboxylic acid groups (broad SMARTS) is 1. The summed E-state index contributed by atoms with van der Waals surface area (Å²) in [7, 11) is 0. The van der Waals surface area contributed by atoms with E-state index in [1.807, 2.05) is 0 Å². The Kier molecular flexibility index (Phi) is 2.96. The van der Waals surface area contributed by atoms with Gasteiger partial charge >= 0.3 is 5.97 Å². The molecule has 0 fully saturated rings. The zero-order chi connectivity index (χ0) is 13.4. The minimum Gasteiger partial charge on any atom is -0.477 e. The molecule has 2 rings (SSSR count). The van der Waals surface area contributed by atoms with Crippen LogP contribution in [0, 0.1) is 0 Å². The number of nitrogens with zero attached hydrogens (tertiary/aromatic N) is 2. The fourth-order valence-corrected chi connectivity index (χ4v) is 1.98. The first-order valence-electron chi connectivity index (χ1n) is 5.19. The van der Waals surface area contributed by atoms with Crippen molar-refractivity contribution in [1.29, 1.82) is 0 Å². The summed E-state index contributed by atoms with van der Waals surface area (Å²) in [6.45, 7) is 2.16. The molecule has 0 saturated heterocycles. The van der Waals surface area contributed by atoms with Crippen molar-refractivity contribution in [2.45, 2.75) is 13.5 Å². The van der Waals surface area contributed by atoms with Crippen LogP contribution in [0.2, 0.25) is 5.15 Å². The molecule has 18 heavy (non-hydrogen) atoms. The normalized spacial score (nSPS) is 10.8. The Bertz CT molecular complexity index is 709. The third-order valence-corrected chi connectivity index (χ3v) is 2.86. The van der Waals surface area contributed by atoms with Crippen LogP contribution < -0.4 is 11.2 Å². The molecule has 0 aliphatic heterocycles. The molecule has 0 aliphatic rings. The topological polar surface area (TPSA) is 98.2 Å². The summed E-state index contributed by atoms with van der Waals surface area (Å²) in [4.78, 5) is 27.1. The van der Waals surface area contributed by atoms with Gasteiger partial charge in [0.25, 0.3) is 0 Å². The predicted molar refractivity (Wildman–Crippen MR) is 68.1 cm³/mol. The van der Waals surface area contributed by atoms with E-state index in [1.54, 1.807) is 6.92 Å². The number of aromatic carboxylic acids is 1. The van der Waals surface area contributed by atoms with Crippen LogP contribution in [0.4, 0.5) is 5.82 Å². The Morgan fingerprint density at radius 1 is 1.56 bits per heavy atom. The molecule has 0 saturated carbocycles. The van der Waals surface area contributed by atoms with Gasteiger partial charge in [0.2, 0.25) is 5.43 Å². The van der Waals surface area contributed by atoms with Gasteiger partial charge < -0.3 is 15.4 Å². The maximum Gasteiger partial charge on any atom is 0.343 e. The highest BCUT2D eigenvalue weighted by atomic mass is 35.5. The Morgan fingerprint density at radius 2 is 2.22 bits per heavy atom. The van der Waals surface area contributed by atoms with Crippen LogP contribution in [-0.4, -0.2) is 20.6 Å². The van der Waals surface area contributed by atoms with Gasteiger partial charge in [-0.2, -0.15) is 0 Å². The number of carbonyl (C=O) groups is 1. The van der Waals surface area contributed by atoms with Gasteiger partial charge in [-0.3, -0.25) is 4.79 Å². The standard InChI is InChI=1S/C11H10ClN3O3/c1-2-15-9(13)7(11(17)18)8(16)5-3-4-6(12)14-10(5)15/h3-4H,2,13H2,1H3,(H,17,18). The molecule has 6 nitrogen and oxygen atoms in total. The van der Waals surface area contributed by atoms with Crippen molar-refractivity contribution < 1.29 is 9.90 Å². The van der Waals surface area contributed by atoms with E-state index in [-0.39, 0.29) is 22.0 Å². The van der Waals surface area contributed by atoms with E-state index in [4.69, 9.17) is 22.4 Å². The number of rotatable bonds is 2. The summed E-state index contributed by atoms with van der Waals surface area (Å²) in [6, 6.07) is 2.89. The minimum absolute atomic E-state index is 0.114. The maximum atomic E-state index is 12.0. The monoisotopic (exact) mass is 267 g/mol. The number of carboxylic acids is 1. The van der Waals surface area contributed by atoms with E-state index in [1.165, 1.54) is 16.7 Å². The predicted octanol–water partition coefficient (Wildman–Crippen LogP) is 1.35. The molecule has 0 spiro atoms. The lowest BCUT2D eigenvalue weighted by molar-refractivity contribution is 0.0696. The summed E-state index contributed by atoms with van der Waals surface area (Å²) < 4.78 is 1.45. The fourth-order valence-electron chi connectivity index (χ4n) is 1.84. The molecular formula is C11H10ClN3O3. The van der Waals surface area contributed by atoms with Gasteiger partial charge in [0.05, 0.1) is 5.39 Å². The van der Waals surface area contributed by atoms with E-state index < -0.39 is 17.0 Å². The number of nitrogens with two attached hydrogens (primary N) is 1. The molecule has 3 N–H and O–H groups in total. The summed E-state index contributed by atoms with van der Waals surface area (Å²) >= 11 is 5.77. The van der Waals surface area contributed by atoms with Crippen LogP contribution in [-0.2, 0) is 6.54 Å². The van der Waals surface area contributed by atoms with Crippen molar-refractivity contribution in [1.82, 2.24) is 9.55 Å². The van der Waals surface area contributed by atoms with Crippen LogP contribution in [0.5, 0.6) is 0 Å². The quantitative estimate of drug-likeness (QED) is 0.800. The Hall–Kier alpha value is -2.08. The number of fused-ring (bicyclic) bond motifs is 1. The van der Waals surface area contributed by atoms with Gasteiger partial charge in [-0.1, -0.05) is 11.6 Å². The lowest BCUT2D eigenvalue weighted by Gasteiger charge is -2.13. The van der Waals surface area contributed by atoms with Crippen molar-refractivity contribution in [3.05, 3.63) is 33.1 Å². The van der Waals surface area contributed by atoms with E-state index in [2.05, 4.69) is 4.98 Å². The molecule has 7 heteroatoms. The number of anilines is 1. The number of hydrogen-bond donors (Lipinski definition) is 2. The van der Waals surface area contributed by atoms with E-state index in [0.717, 1.165) is 0 Å². The summed E-state index contributed by atoms with van der Waals surface area (Å²) in [5.74, 6) is -1.46. The maximum absolute atomic E-state index is 12.0. The second kappa shape index (κ2) is 4.30. The molecule has 0 atom stereocenters. The number of aromatic nitrogens is 2. The average molecular weight is 268 g/mol. The zero-order valence-corrected chi connectivity index (χ0v) is 10.2. The Balaban J connectivity index is 3.05. The van der Waals surface area contributed by atoms with Crippen LogP contribution >= 0.6 is 11.6 Å². The molecule has 2 aromatic heterocycles. The Morgan fingerprint density at radius 3 is 2.78 bits per heavy atom. The van der Waals surface area contributed by atoms with Gasteiger partial charge in [0.15, 0.2) is 0 Å². The van der Waals surface area contributed by atoms with Crippen molar-refractivity contribution in [2.24, 2.45) is 0 Å². The molecule has 0 aromatic carbocycles. The highest BCUT2D eigenvalue weighted by molar-refractivity contribution is 6.29. The summed E-state index contributed by atoms with van der Waals surface area (Å²) in [6.07, 6.45) is 0. The first-order valence-corrected chi connectivity index (χ1v) is 5.57. The highest BCUT2D eigenvalue weighted by Gasteiger charge is 2.20. The molecule has 0 amide bonds. The van der Waals surface area contributed by atoms with Gasteiger partial charge in [-0.05, 0) is 19.1 Å². The third kappa shape index (κ3) is 1.70. The van der Waals surface area contributed by atoms with Crippen LogP contribution in [0.15, 0.2) is 16.9 Å². The van der Waals surface area contributed by atoms with Crippen molar-refractivity contribution in [2.75, 3.05) is 5.73 Å². The summed E-state index contributed by atoms with van der Waals surface area (Å²) in [5.41, 5.74) is 4.91. The molecule has 0 bridgehead atoms. The van der Waals surface area contributed by atoms with E-state index >= 15 is 0 Å². The minimum atomic E-state index is -1.35. The third-order valence-electron chi connectivity index (χ3n) is 2.65. The van der Waals surface area contributed by atoms with Crippen LogP contribution in [0.25, 0.3) is 11.0 Å². The number of aryl methyl sites for hydroxylation is 1. The highest BCUT2D eigenvalue weighted by Crippen LogP contribution is 2.18. The first kappa shape index (κ1) is 12.4. The lowest BCUT2D eigenvalue weighted by atomic mass is 10.1. The van der Waals surface area contributed by atoms with Crippen LogP contribution in [0.1, 0.15) is 17.3 Å². The second-order valence-electron chi connectivity index (χ2n) is 3.64. The molecular weight excluding hydrogens is 258 g/mol. The number of nitrogen functional groups attached to an aromatic ring is 1. The number of pyridine rings is 2. The second-order valence-corrected chi connectivity index (χ2v) is 4.03. The molecule has 0 unspecified atom stereocenters. The largest absolute Gasteiger partial charge is 0.477 e. The van der Waals surface area contributed by atoms with Gasteiger partial charge in [-0.25, -0.2) is 9.78 Å². The van der Waals surface area contributed by atoms with Gasteiger partial charge in [-0.15, -0.1) is 0 Å². The smallest absolute Gasteiger partial charge is 0.343 e. The van der Waals surface area contributed by atoms with Crippen LogP contribution in [0.3, 0.4) is 0 Å². The van der Waals surface area contributed by atoms with Gasteiger partial charge in [0, 0.05) is 6.54 Å². The SMILES string of the molecule is CCn1c(N)c(C(=O)O)c(=O)c2ccc(Cl)nc21. The lowest BCUT2D eigenvalue weighted by Crippen LogP contribution is -2.23. The molecule has 2 aromatic rings. The van der Waals surface area contributed by atoms with E-state index in [0.29, 0.717) is 6.54 Å². The fraction of sp³-hybridized carbons (Fsp3) is 0.182. The molecule has 0 aliphatic carbocycles. The van der Waals surface area contributed by atoms with Gasteiger partial charge in [0.1, 0.15) is 22.2 Å².